The summed E-state index contributed by atoms with van der Waals surface area (Å²) < 4.78 is 20.0. The van der Waals surface area contributed by atoms with Gasteiger partial charge in [0.05, 0.1) is 0 Å². The summed E-state index contributed by atoms with van der Waals surface area (Å²) in [6.45, 7) is 0. The first-order valence-electron chi connectivity index (χ1n) is 0.820. The molecule has 0 radical (unpaired) electrons. The summed E-state index contributed by atoms with van der Waals surface area (Å²) >= 11 is 0. The Labute approximate surface area is 33.5 Å². The zero-order valence-electron chi connectivity index (χ0n) is 2.35. The van der Waals surface area contributed by atoms with E-state index >= 15 is 0 Å². The van der Waals surface area contributed by atoms with Gasteiger partial charge in [0.25, 0.3) is 0 Å². The normalized spacial score (nSPS) is 15.4. The van der Waals surface area contributed by atoms with E-state index in [1.165, 1.54) is 0 Å². The third-order valence-corrected chi connectivity index (χ3v) is 0.913. The smallest absolute Gasteiger partial charge is 0.215 e. The van der Waals surface area contributed by atoms with Gasteiger partial charge in [-0.05, 0) is 0 Å². The van der Waals surface area contributed by atoms with Crippen molar-refractivity contribution in [2.45, 2.75) is 0 Å². The van der Waals surface area contributed by atoms with Crippen LogP contribution in [-0.2, 0) is 10.8 Å². The molecule has 0 amide bonds. The lowest BCUT2D eigenvalue weighted by atomic mass is 12.0. The predicted octanol–water partition coefficient (Wildman–Crippen LogP) is 0.913. The van der Waals surface area contributed by atoms with Crippen molar-refractivity contribution in [2.75, 3.05) is 0 Å². The van der Waals surface area contributed by atoms with Crippen LogP contribution in [0.5, 0.6) is 0 Å². The van der Waals surface area contributed by atoms with Crippen molar-refractivity contribution in [2.24, 2.45) is 0 Å². The van der Waals surface area contributed by atoms with Crippen molar-refractivity contribution in [3.63, 3.8) is 0 Å². The Hall–Kier alpha value is 0.250. The van der Waals surface area contributed by atoms with Crippen LogP contribution in [-0.4, -0.2) is 10.5 Å². The van der Waals surface area contributed by atoms with Crippen LogP contribution in [0.2, 0.25) is 0 Å². The van der Waals surface area contributed by atoms with Gasteiger partial charge in [0, 0.05) is 7.41 Å². The van der Waals surface area contributed by atoms with Gasteiger partial charge in [0.15, 0.2) is 0 Å². The SMILES string of the molecule is C=PS(=O)F. The Morgan fingerprint density at radius 3 is 2.20 bits per heavy atom. The summed E-state index contributed by atoms with van der Waals surface area (Å²) in [7, 11) is -2.16. The molecule has 1 unspecified atom stereocenters. The summed E-state index contributed by atoms with van der Waals surface area (Å²) in [6.07, 6.45) is 2.98. The first kappa shape index (κ1) is 5.25. The largest absolute Gasteiger partial charge is 0.248 e. The Bertz CT molecular complexity index is 62.7. The molecule has 0 aliphatic rings. The van der Waals surface area contributed by atoms with Gasteiger partial charge in [0.1, 0.15) is 0 Å². The zero-order chi connectivity index (χ0) is 4.28. The highest BCUT2D eigenvalue weighted by molar-refractivity contribution is 8.35. The summed E-state index contributed by atoms with van der Waals surface area (Å²) in [4.78, 5) is 0. The number of hydrogen-bond acceptors (Lipinski definition) is 1. The predicted molar refractivity (Wildman–Crippen MR) is 23.3 cm³/mol. The molecule has 4 heteroatoms. The molecule has 0 aromatic rings. The second kappa shape index (κ2) is 2.49. The maximum Gasteiger partial charge on any atom is 0.248 e. The average molecular weight is 112 g/mol. The van der Waals surface area contributed by atoms with E-state index in [9.17, 15) is 8.09 Å². The van der Waals surface area contributed by atoms with Crippen molar-refractivity contribution in [1.29, 1.82) is 0 Å². The second-order valence-corrected chi connectivity index (χ2v) is 2.64. The van der Waals surface area contributed by atoms with Crippen molar-refractivity contribution in [3.8, 4) is 0 Å². The van der Waals surface area contributed by atoms with E-state index in [0.717, 1.165) is 0 Å². The Morgan fingerprint density at radius 1 is 2.00 bits per heavy atom. The maximum atomic E-state index is 10.8. The summed E-state index contributed by atoms with van der Waals surface area (Å²) in [5, 5.41) is 0. The van der Waals surface area contributed by atoms with E-state index in [1.54, 1.807) is 0 Å². The van der Waals surface area contributed by atoms with Crippen molar-refractivity contribution in [3.05, 3.63) is 0 Å². The highest BCUT2D eigenvalue weighted by atomic mass is 32.7. The molecule has 0 bridgehead atoms. The Kier molecular flexibility index (Phi) is 2.61. The molecule has 0 spiro atoms. The molecule has 5 heavy (non-hydrogen) atoms. The highest BCUT2D eigenvalue weighted by Gasteiger charge is 1.74. The minimum absolute atomic E-state index is 0.0525. The zero-order valence-corrected chi connectivity index (χ0v) is 4.06. The topological polar surface area (TPSA) is 17.1 Å². The third-order valence-electron chi connectivity index (χ3n) is 0.101. The maximum absolute atomic E-state index is 10.8. The molecule has 0 heterocycles. The van der Waals surface area contributed by atoms with Crippen molar-refractivity contribution in [1.82, 2.24) is 0 Å². The Balaban J connectivity index is 3.20. The van der Waals surface area contributed by atoms with E-state index in [-0.39, 0.29) is 7.41 Å². The quantitative estimate of drug-likeness (QED) is 0.364. The summed E-state index contributed by atoms with van der Waals surface area (Å²) in [6, 6.07) is 0. The van der Waals surface area contributed by atoms with Crippen LogP contribution in [0.1, 0.15) is 0 Å². The number of halogens is 1. The molecule has 0 aliphatic carbocycles. The second-order valence-electron chi connectivity index (χ2n) is 0.336. The summed E-state index contributed by atoms with van der Waals surface area (Å²) in [5.41, 5.74) is 0. The van der Waals surface area contributed by atoms with Crippen LogP contribution >= 0.6 is 7.41 Å². The van der Waals surface area contributed by atoms with Gasteiger partial charge in [0.2, 0.25) is 10.8 Å². The molecule has 1 atom stereocenters. The molecule has 0 aromatic heterocycles. The van der Waals surface area contributed by atoms with Gasteiger partial charge in [-0.2, -0.15) is 0 Å². The van der Waals surface area contributed by atoms with Crippen LogP contribution in [0.4, 0.5) is 3.89 Å². The molecule has 0 aromatic carbocycles. The molecule has 0 rings (SSSR count). The van der Waals surface area contributed by atoms with Gasteiger partial charge in [-0.15, -0.1) is 3.89 Å². The third kappa shape index (κ3) is 4.25. The van der Waals surface area contributed by atoms with Crippen LogP contribution in [0, 0.1) is 0 Å². The monoisotopic (exact) mass is 112 g/mol. The molecule has 0 aliphatic heterocycles. The van der Waals surface area contributed by atoms with Crippen LogP contribution in [0.15, 0.2) is 0 Å². The first-order chi connectivity index (χ1) is 2.27. The standard InChI is InChI=1S/CH2FOPS/c1-4-5(2)3/h1H2. The molecule has 0 N–H and O–H groups in total. The van der Waals surface area contributed by atoms with Crippen LogP contribution in [0.25, 0.3) is 0 Å². The summed E-state index contributed by atoms with van der Waals surface area (Å²) in [5.74, 6) is 0. The fourth-order valence-electron chi connectivity index (χ4n) is 0. The van der Waals surface area contributed by atoms with E-state index in [0.29, 0.717) is 0 Å². The van der Waals surface area contributed by atoms with Gasteiger partial charge in [-0.3, -0.25) is 0 Å². The van der Waals surface area contributed by atoms with Crippen LogP contribution in [0.3, 0.4) is 0 Å². The molecule has 1 nitrogen and oxygen atoms in total. The highest BCUT2D eigenvalue weighted by Crippen LogP contribution is 1.98. The lowest BCUT2D eigenvalue weighted by Crippen LogP contribution is -1.48. The molecular formula is CH2FOPS. The van der Waals surface area contributed by atoms with E-state index < -0.39 is 10.8 Å². The van der Waals surface area contributed by atoms with E-state index in [2.05, 4.69) is 6.30 Å². The molecule has 0 saturated carbocycles. The van der Waals surface area contributed by atoms with Gasteiger partial charge in [-0.25, -0.2) is 4.21 Å². The van der Waals surface area contributed by atoms with E-state index in [4.69, 9.17) is 0 Å². The fourth-order valence-corrected chi connectivity index (χ4v) is 0. The molecule has 0 fully saturated rings. The van der Waals surface area contributed by atoms with Crippen molar-refractivity contribution >= 4 is 24.5 Å². The number of hydrogen-bond donors (Lipinski definition) is 0. The lowest BCUT2D eigenvalue weighted by Gasteiger charge is -1.58. The van der Waals surface area contributed by atoms with Gasteiger partial charge in [-0.1, -0.05) is 6.30 Å². The average Bonchev–Trinajstić information content (AvgIpc) is 1.38. The van der Waals surface area contributed by atoms with Gasteiger partial charge < -0.3 is 0 Å². The fraction of sp³-hybridized carbons (Fsp3) is 0. The molecular weight excluding hydrogens is 110 g/mol. The first-order valence-corrected chi connectivity index (χ1v) is 3.55. The van der Waals surface area contributed by atoms with Gasteiger partial charge >= 0.3 is 0 Å². The lowest BCUT2D eigenvalue weighted by molar-refractivity contribution is 0.662. The number of rotatable bonds is 1. The molecule has 0 saturated heterocycles. The molecule has 30 valence electrons. The minimum Gasteiger partial charge on any atom is -0.215 e. The Morgan fingerprint density at radius 2 is 2.20 bits per heavy atom. The van der Waals surface area contributed by atoms with Crippen LogP contribution < -0.4 is 0 Å². The van der Waals surface area contributed by atoms with E-state index in [1.807, 2.05) is 0 Å². The van der Waals surface area contributed by atoms with Crippen molar-refractivity contribution < 1.29 is 8.09 Å². The minimum atomic E-state index is -2.21.